The number of aromatic nitrogens is 3. The lowest BCUT2D eigenvalue weighted by atomic mass is 10.2. The third-order valence-electron chi connectivity index (χ3n) is 5.95. The number of fused-ring (bicyclic) bond motifs is 1. The minimum Gasteiger partial charge on any atom is -0.502 e. The molecule has 174 valence electrons. The maximum absolute atomic E-state index is 11.0. The minimum absolute atomic E-state index is 0.371. The van der Waals surface area contributed by atoms with Crippen LogP contribution in [0.3, 0.4) is 0 Å². The molecule has 2 N–H and O–H groups in total. The van der Waals surface area contributed by atoms with Crippen molar-refractivity contribution in [2.45, 2.75) is 26.8 Å². The number of nitrogens with one attached hydrogen (secondary N) is 1. The zero-order valence-electron chi connectivity index (χ0n) is 18.7. The monoisotopic (exact) mass is 453 g/mol. The zero-order chi connectivity index (χ0) is 23.4. The van der Waals surface area contributed by atoms with Crippen LogP contribution in [0.15, 0.2) is 29.6 Å². The minimum atomic E-state index is -0.637. The van der Waals surface area contributed by atoms with Crippen LogP contribution in [0.25, 0.3) is 11.0 Å². The summed E-state index contributed by atoms with van der Waals surface area (Å²) in [7, 11) is 0. The Kier molecular flexibility index (Phi) is 6.80. The molecule has 11 heteroatoms. The first-order chi connectivity index (χ1) is 16.0. The average molecular weight is 454 g/mol. The molecule has 3 aromatic rings. The molecule has 0 aliphatic carbocycles. The summed E-state index contributed by atoms with van der Waals surface area (Å²) < 4.78 is 7.63. The normalized spacial score (nSPS) is 14.8. The summed E-state index contributed by atoms with van der Waals surface area (Å²) in [4.78, 5) is 21.7. The molecule has 0 spiro atoms. The summed E-state index contributed by atoms with van der Waals surface area (Å²) in [5.74, 6) is 0.181. The predicted molar refractivity (Wildman–Crippen MR) is 125 cm³/mol. The molecule has 0 bridgehead atoms. The van der Waals surface area contributed by atoms with Gasteiger partial charge in [-0.25, -0.2) is 9.97 Å². The molecule has 1 aliphatic rings. The number of hydrogen-bond donors (Lipinski definition) is 2. The Balaban J connectivity index is 1.50. The van der Waals surface area contributed by atoms with Gasteiger partial charge in [0.15, 0.2) is 11.6 Å². The van der Waals surface area contributed by atoms with Gasteiger partial charge in [-0.05, 0) is 38.0 Å². The van der Waals surface area contributed by atoms with Crippen LogP contribution in [0.4, 0.5) is 11.5 Å². The number of phenolic OH excluding ortho intramolecular Hbond substituents is 1. The van der Waals surface area contributed by atoms with Crippen LogP contribution < -0.4 is 5.43 Å². The van der Waals surface area contributed by atoms with Gasteiger partial charge in [-0.1, -0.05) is 0 Å². The number of nitro groups is 1. The highest BCUT2D eigenvalue weighted by molar-refractivity contribution is 5.92. The Labute approximate surface area is 190 Å². The summed E-state index contributed by atoms with van der Waals surface area (Å²) in [6.45, 7) is 9.53. The van der Waals surface area contributed by atoms with Crippen molar-refractivity contribution in [1.29, 1.82) is 0 Å². The molecular formula is C22H27N7O4. The van der Waals surface area contributed by atoms with Crippen molar-refractivity contribution in [1.82, 2.24) is 19.4 Å². The van der Waals surface area contributed by atoms with Crippen LogP contribution in [0, 0.1) is 24.0 Å². The lowest BCUT2D eigenvalue weighted by Gasteiger charge is -2.26. The second-order valence-corrected chi connectivity index (χ2v) is 7.97. The number of hydrazone groups is 1. The fourth-order valence-corrected chi connectivity index (χ4v) is 4.04. The quantitative estimate of drug-likeness (QED) is 0.302. The molecule has 1 aliphatic heterocycles. The van der Waals surface area contributed by atoms with Gasteiger partial charge >= 0.3 is 5.69 Å². The van der Waals surface area contributed by atoms with Gasteiger partial charge in [0.25, 0.3) is 0 Å². The van der Waals surface area contributed by atoms with E-state index in [9.17, 15) is 15.2 Å². The van der Waals surface area contributed by atoms with Crippen molar-refractivity contribution >= 4 is 28.8 Å². The summed E-state index contributed by atoms with van der Waals surface area (Å²) in [6.07, 6.45) is 3.96. The van der Waals surface area contributed by atoms with Crippen molar-refractivity contribution in [2.24, 2.45) is 5.10 Å². The van der Waals surface area contributed by atoms with E-state index in [0.717, 1.165) is 68.1 Å². The first-order valence-electron chi connectivity index (χ1n) is 10.8. The Bertz CT molecular complexity index is 1190. The highest BCUT2D eigenvalue weighted by Gasteiger charge is 2.17. The molecular weight excluding hydrogens is 426 g/mol. The highest BCUT2D eigenvalue weighted by atomic mass is 16.6. The van der Waals surface area contributed by atoms with E-state index in [2.05, 4.69) is 36.9 Å². The fraction of sp³-hybridized carbons (Fsp3) is 0.409. The van der Waals surface area contributed by atoms with Crippen molar-refractivity contribution in [3.05, 3.63) is 51.5 Å². The first kappa shape index (κ1) is 22.6. The van der Waals surface area contributed by atoms with Crippen LogP contribution in [0.1, 0.15) is 23.2 Å². The van der Waals surface area contributed by atoms with E-state index in [4.69, 9.17) is 4.74 Å². The molecule has 0 atom stereocenters. The van der Waals surface area contributed by atoms with Gasteiger partial charge in [0.1, 0.15) is 12.0 Å². The van der Waals surface area contributed by atoms with Gasteiger partial charge < -0.3 is 14.4 Å². The van der Waals surface area contributed by atoms with Crippen molar-refractivity contribution in [2.75, 3.05) is 38.3 Å². The topological polar surface area (TPSA) is 131 Å². The molecule has 0 saturated carbocycles. The molecule has 0 amide bonds. The van der Waals surface area contributed by atoms with Crippen LogP contribution in [0.5, 0.6) is 5.75 Å². The van der Waals surface area contributed by atoms with Gasteiger partial charge in [0, 0.05) is 43.5 Å². The smallest absolute Gasteiger partial charge is 0.311 e. The third-order valence-corrected chi connectivity index (χ3v) is 5.95. The van der Waals surface area contributed by atoms with E-state index in [0.29, 0.717) is 11.4 Å². The van der Waals surface area contributed by atoms with E-state index in [1.54, 1.807) is 6.07 Å². The van der Waals surface area contributed by atoms with Gasteiger partial charge in [-0.2, -0.15) is 5.10 Å². The van der Waals surface area contributed by atoms with Gasteiger partial charge in [-0.3, -0.25) is 20.4 Å². The lowest BCUT2D eigenvalue weighted by Crippen LogP contribution is -2.37. The third kappa shape index (κ3) is 4.94. The van der Waals surface area contributed by atoms with E-state index >= 15 is 0 Å². The summed E-state index contributed by atoms with van der Waals surface area (Å²) >= 11 is 0. The molecule has 4 rings (SSSR count). The number of hydrogen-bond acceptors (Lipinski definition) is 9. The SMILES string of the molecule is Cc1c(C)n(CCCN2CCOCC2)c2ncnc(N/N=C\c3ccc(O)c([N+](=O)[O-])c3)c12. The molecule has 2 aromatic heterocycles. The second kappa shape index (κ2) is 9.92. The summed E-state index contributed by atoms with van der Waals surface area (Å²) in [5.41, 5.74) is 6.10. The number of phenols is 1. The summed E-state index contributed by atoms with van der Waals surface area (Å²) in [5, 5.41) is 25.7. The lowest BCUT2D eigenvalue weighted by molar-refractivity contribution is -0.385. The van der Waals surface area contributed by atoms with Gasteiger partial charge in [0.05, 0.1) is 29.7 Å². The van der Waals surface area contributed by atoms with Gasteiger partial charge in [0.2, 0.25) is 0 Å². The zero-order valence-corrected chi connectivity index (χ0v) is 18.7. The summed E-state index contributed by atoms with van der Waals surface area (Å²) in [6, 6.07) is 4.08. The maximum Gasteiger partial charge on any atom is 0.311 e. The molecule has 0 radical (unpaired) electrons. The van der Waals surface area contributed by atoms with Gasteiger partial charge in [-0.15, -0.1) is 0 Å². The van der Waals surface area contributed by atoms with E-state index in [1.165, 1.54) is 24.7 Å². The average Bonchev–Trinajstić information content (AvgIpc) is 3.06. The van der Waals surface area contributed by atoms with Crippen LogP contribution in [-0.4, -0.2) is 68.5 Å². The number of aryl methyl sites for hydroxylation is 2. The standard InChI is InChI=1S/C22H27N7O4/c1-15-16(2)28(7-3-6-27-8-10-33-11-9-27)22-20(15)21(23-14-24-22)26-25-13-17-4-5-19(30)18(12-17)29(31)32/h4-5,12-14,30H,3,6-11H2,1-2H3,(H,23,24,26)/b25-13-. The fourth-order valence-electron chi connectivity index (χ4n) is 4.04. The number of morpholine rings is 1. The Hall–Kier alpha value is -3.57. The predicted octanol–water partition coefficient (Wildman–Crippen LogP) is 2.83. The number of nitro benzene ring substituents is 1. The van der Waals surface area contributed by atoms with E-state index in [-0.39, 0.29) is 11.4 Å². The highest BCUT2D eigenvalue weighted by Crippen LogP contribution is 2.29. The molecule has 0 unspecified atom stereocenters. The number of nitrogens with zero attached hydrogens (tertiary/aromatic N) is 6. The van der Waals surface area contributed by atoms with Crippen LogP contribution in [-0.2, 0) is 11.3 Å². The maximum atomic E-state index is 11.0. The molecule has 3 heterocycles. The van der Waals surface area contributed by atoms with Crippen molar-refractivity contribution in [3.63, 3.8) is 0 Å². The number of benzene rings is 1. The number of rotatable bonds is 8. The molecule has 11 nitrogen and oxygen atoms in total. The molecule has 33 heavy (non-hydrogen) atoms. The van der Waals surface area contributed by atoms with Crippen LogP contribution >= 0.6 is 0 Å². The van der Waals surface area contributed by atoms with E-state index in [1.807, 2.05) is 6.92 Å². The van der Waals surface area contributed by atoms with Crippen molar-refractivity contribution < 1.29 is 14.8 Å². The second-order valence-electron chi connectivity index (χ2n) is 7.97. The van der Waals surface area contributed by atoms with Crippen LogP contribution in [0.2, 0.25) is 0 Å². The first-order valence-corrected chi connectivity index (χ1v) is 10.8. The molecule has 1 aromatic carbocycles. The Morgan fingerprint density at radius 2 is 2.06 bits per heavy atom. The Morgan fingerprint density at radius 3 is 2.82 bits per heavy atom. The number of anilines is 1. The number of aromatic hydroxyl groups is 1. The molecule has 1 fully saturated rings. The largest absolute Gasteiger partial charge is 0.502 e. The Morgan fingerprint density at radius 1 is 1.27 bits per heavy atom. The molecule has 1 saturated heterocycles. The van der Waals surface area contributed by atoms with Crippen molar-refractivity contribution in [3.8, 4) is 5.75 Å². The number of ether oxygens (including phenoxy) is 1. The van der Waals surface area contributed by atoms with E-state index < -0.39 is 4.92 Å².